The summed E-state index contributed by atoms with van der Waals surface area (Å²) in [6, 6.07) is 7.99. The highest BCUT2D eigenvalue weighted by Gasteiger charge is 2.38. The second-order valence-electron chi connectivity index (χ2n) is 6.66. The maximum atomic E-state index is 13.0. The lowest BCUT2D eigenvalue weighted by molar-refractivity contribution is -0.136. The first-order valence-corrected chi connectivity index (χ1v) is 9.08. The van der Waals surface area contributed by atoms with Crippen molar-refractivity contribution in [2.75, 3.05) is 20.3 Å². The number of esters is 1. The Kier molecular flexibility index (Phi) is 5.57. The maximum absolute atomic E-state index is 13.0. The Morgan fingerprint density at radius 3 is 2.65 bits per heavy atom. The molecule has 0 bridgehead atoms. The summed E-state index contributed by atoms with van der Waals surface area (Å²) in [5.41, 5.74) is 3.48. The standard InChI is InChI=1S/C21H25NO4/c1-4-15-7-9-16(10-8-15)12-18-19(21(24)25-3)14(2)22(20(18)23)13-17-6-5-11-26-17/h7-10,12,17H,4-6,11,13H2,1-3H3/b18-12-/t17-/m1/s1. The minimum absolute atomic E-state index is 0.0241. The van der Waals surface area contributed by atoms with Crippen LogP contribution in [0, 0.1) is 0 Å². The quantitative estimate of drug-likeness (QED) is 0.602. The van der Waals surface area contributed by atoms with E-state index in [4.69, 9.17) is 9.47 Å². The zero-order chi connectivity index (χ0) is 18.7. The van der Waals surface area contributed by atoms with Crippen molar-refractivity contribution in [2.24, 2.45) is 0 Å². The van der Waals surface area contributed by atoms with Crippen molar-refractivity contribution in [1.82, 2.24) is 4.90 Å². The summed E-state index contributed by atoms with van der Waals surface area (Å²) in [5, 5.41) is 0. The molecular weight excluding hydrogens is 330 g/mol. The van der Waals surface area contributed by atoms with Crippen LogP contribution < -0.4 is 0 Å². The number of benzene rings is 1. The van der Waals surface area contributed by atoms with Crippen molar-refractivity contribution in [2.45, 2.75) is 39.2 Å². The summed E-state index contributed by atoms with van der Waals surface area (Å²) < 4.78 is 10.6. The van der Waals surface area contributed by atoms with E-state index in [1.54, 1.807) is 17.9 Å². The summed E-state index contributed by atoms with van der Waals surface area (Å²) in [5.74, 6) is -0.653. The molecule has 5 nitrogen and oxygen atoms in total. The molecule has 1 atom stereocenters. The van der Waals surface area contributed by atoms with Gasteiger partial charge in [0.15, 0.2) is 0 Å². The summed E-state index contributed by atoms with van der Waals surface area (Å²) in [4.78, 5) is 27.0. The number of hydrogen-bond donors (Lipinski definition) is 0. The topological polar surface area (TPSA) is 55.8 Å². The molecular formula is C21H25NO4. The van der Waals surface area contributed by atoms with Crippen LogP contribution in [0.15, 0.2) is 41.1 Å². The van der Waals surface area contributed by atoms with Gasteiger partial charge in [-0.3, -0.25) is 4.79 Å². The van der Waals surface area contributed by atoms with Gasteiger partial charge in [0.05, 0.1) is 30.9 Å². The summed E-state index contributed by atoms with van der Waals surface area (Å²) in [6.07, 6.45) is 4.69. The van der Waals surface area contributed by atoms with Gasteiger partial charge in [-0.2, -0.15) is 0 Å². The van der Waals surface area contributed by atoms with Crippen LogP contribution in [0.1, 0.15) is 37.8 Å². The van der Waals surface area contributed by atoms with Gasteiger partial charge in [0.1, 0.15) is 0 Å². The molecule has 0 N–H and O–H groups in total. The Bertz CT molecular complexity index is 755. The van der Waals surface area contributed by atoms with E-state index in [-0.39, 0.29) is 12.0 Å². The molecule has 0 spiro atoms. The molecule has 0 aliphatic carbocycles. The second-order valence-corrected chi connectivity index (χ2v) is 6.66. The zero-order valence-electron chi connectivity index (χ0n) is 15.6. The molecule has 26 heavy (non-hydrogen) atoms. The van der Waals surface area contributed by atoms with E-state index in [2.05, 4.69) is 6.92 Å². The summed E-state index contributed by atoms with van der Waals surface area (Å²) in [7, 11) is 1.34. The van der Waals surface area contributed by atoms with Gasteiger partial charge in [-0.25, -0.2) is 4.79 Å². The van der Waals surface area contributed by atoms with E-state index in [1.165, 1.54) is 12.7 Å². The van der Waals surface area contributed by atoms with E-state index in [0.717, 1.165) is 31.4 Å². The molecule has 138 valence electrons. The fourth-order valence-electron chi connectivity index (χ4n) is 3.46. The van der Waals surface area contributed by atoms with Crippen LogP contribution in [0.25, 0.3) is 6.08 Å². The molecule has 1 aromatic carbocycles. The first-order chi connectivity index (χ1) is 12.5. The van der Waals surface area contributed by atoms with Crippen LogP contribution in [0.5, 0.6) is 0 Å². The van der Waals surface area contributed by atoms with Gasteiger partial charge in [-0.15, -0.1) is 0 Å². The fourth-order valence-corrected chi connectivity index (χ4v) is 3.46. The first-order valence-electron chi connectivity index (χ1n) is 9.08. The molecule has 0 saturated carbocycles. The average Bonchev–Trinajstić information content (AvgIpc) is 3.25. The van der Waals surface area contributed by atoms with Crippen molar-refractivity contribution in [1.29, 1.82) is 0 Å². The molecule has 0 unspecified atom stereocenters. The molecule has 5 heteroatoms. The molecule has 2 aliphatic rings. The van der Waals surface area contributed by atoms with Crippen LogP contribution in [0.3, 0.4) is 0 Å². The second kappa shape index (κ2) is 7.87. The van der Waals surface area contributed by atoms with Crippen molar-refractivity contribution in [3.8, 4) is 0 Å². The van der Waals surface area contributed by atoms with Gasteiger partial charge in [-0.1, -0.05) is 31.2 Å². The highest BCUT2D eigenvalue weighted by molar-refractivity contribution is 6.16. The normalized spacial score (nSPS) is 21.8. The number of carbonyl (C=O) groups is 2. The fraction of sp³-hybridized carbons (Fsp3) is 0.429. The lowest BCUT2D eigenvalue weighted by Gasteiger charge is -2.21. The highest BCUT2D eigenvalue weighted by atomic mass is 16.5. The number of carbonyl (C=O) groups excluding carboxylic acids is 2. The van der Waals surface area contributed by atoms with E-state index in [9.17, 15) is 9.59 Å². The Labute approximate surface area is 154 Å². The van der Waals surface area contributed by atoms with Crippen LogP contribution in [0.2, 0.25) is 0 Å². The Hall–Kier alpha value is -2.40. The predicted octanol–water partition coefficient (Wildman–Crippen LogP) is 3.10. The number of allylic oxidation sites excluding steroid dienone is 1. The summed E-state index contributed by atoms with van der Waals surface area (Å²) >= 11 is 0. The van der Waals surface area contributed by atoms with Crippen molar-refractivity contribution >= 4 is 18.0 Å². The minimum atomic E-state index is -0.484. The number of methoxy groups -OCH3 is 1. The van der Waals surface area contributed by atoms with Crippen molar-refractivity contribution in [3.05, 3.63) is 52.2 Å². The highest BCUT2D eigenvalue weighted by Crippen LogP contribution is 2.32. The van der Waals surface area contributed by atoms with Crippen LogP contribution in [0.4, 0.5) is 0 Å². The van der Waals surface area contributed by atoms with Gasteiger partial charge in [0.25, 0.3) is 5.91 Å². The number of ether oxygens (including phenoxy) is 2. The van der Waals surface area contributed by atoms with Gasteiger partial charge in [-0.05, 0) is 43.4 Å². The predicted molar refractivity (Wildman–Crippen MR) is 99.2 cm³/mol. The molecule has 2 heterocycles. The van der Waals surface area contributed by atoms with E-state index >= 15 is 0 Å². The SMILES string of the molecule is CCc1ccc(/C=C2\C(=O)N(C[C@H]3CCCO3)C(C)=C2C(=O)OC)cc1. The van der Waals surface area contributed by atoms with Gasteiger partial charge in [0.2, 0.25) is 0 Å². The Morgan fingerprint density at radius 1 is 1.35 bits per heavy atom. The number of aryl methyl sites for hydroxylation is 1. The monoisotopic (exact) mass is 355 g/mol. The molecule has 1 fully saturated rings. The maximum Gasteiger partial charge on any atom is 0.340 e. The van der Waals surface area contributed by atoms with E-state index in [1.807, 2.05) is 24.3 Å². The average molecular weight is 355 g/mol. The third kappa shape index (κ3) is 3.58. The number of hydrogen-bond acceptors (Lipinski definition) is 4. The minimum Gasteiger partial charge on any atom is -0.465 e. The van der Waals surface area contributed by atoms with Crippen molar-refractivity contribution < 1.29 is 19.1 Å². The number of amides is 1. The van der Waals surface area contributed by atoms with Crippen LogP contribution >= 0.6 is 0 Å². The van der Waals surface area contributed by atoms with Crippen LogP contribution in [-0.2, 0) is 25.5 Å². The lowest BCUT2D eigenvalue weighted by Crippen LogP contribution is -2.33. The van der Waals surface area contributed by atoms with Gasteiger partial charge < -0.3 is 14.4 Å². The smallest absolute Gasteiger partial charge is 0.340 e. The molecule has 3 rings (SSSR count). The van der Waals surface area contributed by atoms with E-state index < -0.39 is 5.97 Å². The van der Waals surface area contributed by atoms with Crippen LogP contribution in [-0.4, -0.2) is 43.1 Å². The third-order valence-corrected chi connectivity index (χ3v) is 5.01. The molecule has 0 radical (unpaired) electrons. The Balaban J connectivity index is 1.94. The Morgan fingerprint density at radius 2 is 2.08 bits per heavy atom. The molecule has 0 aromatic heterocycles. The van der Waals surface area contributed by atoms with Crippen molar-refractivity contribution in [3.63, 3.8) is 0 Å². The molecule has 1 saturated heterocycles. The molecule has 1 amide bonds. The third-order valence-electron chi connectivity index (χ3n) is 5.01. The number of nitrogens with zero attached hydrogens (tertiary/aromatic N) is 1. The van der Waals surface area contributed by atoms with E-state index in [0.29, 0.717) is 23.4 Å². The van der Waals surface area contributed by atoms with Gasteiger partial charge >= 0.3 is 5.97 Å². The summed E-state index contributed by atoms with van der Waals surface area (Å²) in [6.45, 7) is 5.08. The largest absolute Gasteiger partial charge is 0.465 e. The molecule has 1 aromatic rings. The zero-order valence-corrected chi connectivity index (χ0v) is 15.6. The van der Waals surface area contributed by atoms with Gasteiger partial charge in [0, 0.05) is 12.3 Å². The molecule has 2 aliphatic heterocycles. The number of rotatable bonds is 5. The lowest BCUT2D eigenvalue weighted by atomic mass is 10.0. The first kappa shape index (κ1) is 18.4.